The van der Waals surface area contributed by atoms with Crippen LogP contribution in [0.4, 0.5) is 4.39 Å². The summed E-state index contributed by atoms with van der Waals surface area (Å²) in [6, 6.07) is 6.09. The minimum atomic E-state index is -0.493. The van der Waals surface area contributed by atoms with Gasteiger partial charge < -0.3 is 0 Å². The fraction of sp³-hybridized carbons (Fsp3) is 0.154. The first kappa shape index (κ1) is 13.4. The van der Waals surface area contributed by atoms with Gasteiger partial charge in [-0.2, -0.15) is 0 Å². The molecule has 1 heterocycles. The second kappa shape index (κ2) is 5.71. The van der Waals surface area contributed by atoms with E-state index in [0.717, 1.165) is 5.56 Å². The molecule has 0 radical (unpaired) electrons. The number of thiocarbonyl (C=S) groups is 1. The van der Waals surface area contributed by atoms with E-state index in [2.05, 4.69) is 22.9 Å². The molecule has 19 heavy (non-hydrogen) atoms. The summed E-state index contributed by atoms with van der Waals surface area (Å²) in [7, 11) is 0. The summed E-state index contributed by atoms with van der Waals surface area (Å²) in [4.78, 5) is 23.0. The molecule has 2 rings (SSSR count). The number of rotatable bonds is 3. The molecule has 0 aromatic heterocycles. The molecule has 6 heteroatoms. The molecule has 1 saturated heterocycles. The Bertz CT molecular complexity index is 545. The zero-order valence-electron chi connectivity index (χ0n) is 9.90. The molecular formula is C13H11FN2O2S. The van der Waals surface area contributed by atoms with Crippen molar-refractivity contribution in [2.45, 2.75) is 12.8 Å². The van der Waals surface area contributed by atoms with Gasteiger partial charge in [0.15, 0.2) is 5.11 Å². The van der Waals surface area contributed by atoms with Gasteiger partial charge in [-0.3, -0.25) is 20.2 Å². The van der Waals surface area contributed by atoms with Crippen molar-refractivity contribution in [1.82, 2.24) is 10.6 Å². The molecule has 2 N–H and O–H groups in total. The van der Waals surface area contributed by atoms with Gasteiger partial charge in [-0.15, -0.1) is 0 Å². The number of aryl methyl sites for hydroxylation is 1. The first-order valence-electron chi connectivity index (χ1n) is 5.67. The number of hydrogen-bond acceptors (Lipinski definition) is 3. The summed E-state index contributed by atoms with van der Waals surface area (Å²) in [6.07, 6.45) is 2.68. The van der Waals surface area contributed by atoms with Crippen LogP contribution in [0.2, 0.25) is 0 Å². The fourth-order valence-electron chi connectivity index (χ4n) is 1.69. The Morgan fingerprint density at radius 1 is 1.11 bits per heavy atom. The highest BCUT2D eigenvalue weighted by atomic mass is 32.1. The Morgan fingerprint density at radius 2 is 1.68 bits per heavy atom. The topological polar surface area (TPSA) is 58.2 Å². The van der Waals surface area contributed by atoms with Crippen LogP contribution >= 0.6 is 12.2 Å². The molecule has 1 fully saturated rings. The van der Waals surface area contributed by atoms with Gasteiger partial charge in [-0.1, -0.05) is 18.2 Å². The van der Waals surface area contributed by atoms with E-state index in [-0.39, 0.29) is 16.5 Å². The fourth-order valence-corrected chi connectivity index (χ4v) is 1.88. The number of allylic oxidation sites excluding steroid dienone is 1. The monoisotopic (exact) mass is 278 g/mol. The van der Waals surface area contributed by atoms with E-state index in [1.54, 1.807) is 18.2 Å². The third kappa shape index (κ3) is 3.45. The van der Waals surface area contributed by atoms with Crippen molar-refractivity contribution in [2.24, 2.45) is 0 Å². The molecule has 0 aliphatic carbocycles. The van der Waals surface area contributed by atoms with Crippen LogP contribution in [0.5, 0.6) is 0 Å². The van der Waals surface area contributed by atoms with Crippen LogP contribution in [-0.4, -0.2) is 16.9 Å². The van der Waals surface area contributed by atoms with E-state index in [1.165, 1.54) is 12.1 Å². The second-order valence-corrected chi connectivity index (χ2v) is 4.43. The van der Waals surface area contributed by atoms with Gasteiger partial charge in [0.1, 0.15) is 11.4 Å². The zero-order valence-corrected chi connectivity index (χ0v) is 10.7. The Morgan fingerprint density at radius 3 is 2.26 bits per heavy atom. The predicted molar refractivity (Wildman–Crippen MR) is 71.7 cm³/mol. The molecule has 0 spiro atoms. The minimum Gasteiger partial charge on any atom is -0.299 e. The standard InChI is InChI=1S/C13H11FN2O2S/c14-9-6-4-8(5-7-9)2-1-3-10-11(17)15-13(19)16-12(10)18/h3-7H,1-2H2,(H2,15,16,17,18,19). The lowest BCUT2D eigenvalue weighted by Crippen LogP contribution is -2.51. The van der Waals surface area contributed by atoms with Crippen LogP contribution in [-0.2, 0) is 16.0 Å². The van der Waals surface area contributed by atoms with Crippen molar-refractivity contribution >= 4 is 29.1 Å². The number of amides is 2. The van der Waals surface area contributed by atoms with Crippen LogP contribution in [0.15, 0.2) is 35.9 Å². The molecular weight excluding hydrogens is 267 g/mol. The van der Waals surface area contributed by atoms with Crippen molar-refractivity contribution in [3.63, 3.8) is 0 Å². The van der Waals surface area contributed by atoms with Crippen molar-refractivity contribution in [3.05, 3.63) is 47.3 Å². The maximum Gasteiger partial charge on any atom is 0.262 e. The maximum atomic E-state index is 12.7. The average molecular weight is 278 g/mol. The van der Waals surface area contributed by atoms with Gasteiger partial charge in [-0.05, 0) is 42.8 Å². The van der Waals surface area contributed by atoms with Crippen molar-refractivity contribution in [1.29, 1.82) is 0 Å². The molecule has 0 saturated carbocycles. The molecule has 4 nitrogen and oxygen atoms in total. The van der Waals surface area contributed by atoms with E-state index < -0.39 is 11.8 Å². The Kier molecular flexibility index (Phi) is 4.01. The van der Waals surface area contributed by atoms with Gasteiger partial charge in [0.2, 0.25) is 0 Å². The Hall–Kier alpha value is -2.08. The lowest BCUT2D eigenvalue weighted by Gasteiger charge is -2.16. The van der Waals surface area contributed by atoms with Crippen LogP contribution in [0.1, 0.15) is 12.0 Å². The van der Waals surface area contributed by atoms with Crippen LogP contribution in [0, 0.1) is 5.82 Å². The van der Waals surface area contributed by atoms with Crippen LogP contribution in [0.25, 0.3) is 0 Å². The second-order valence-electron chi connectivity index (χ2n) is 4.02. The third-order valence-electron chi connectivity index (χ3n) is 2.64. The highest BCUT2D eigenvalue weighted by molar-refractivity contribution is 7.80. The Balaban J connectivity index is 1.98. The van der Waals surface area contributed by atoms with Crippen molar-refractivity contribution in [3.8, 4) is 0 Å². The SMILES string of the molecule is O=C1NC(=S)NC(=O)C1=CCCc1ccc(F)cc1. The summed E-state index contributed by atoms with van der Waals surface area (Å²) >= 11 is 4.69. The highest BCUT2D eigenvalue weighted by Gasteiger charge is 2.24. The van der Waals surface area contributed by atoms with Gasteiger partial charge in [-0.25, -0.2) is 4.39 Å². The molecule has 1 aliphatic rings. The van der Waals surface area contributed by atoms with Gasteiger partial charge in [0, 0.05) is 0 Å². The van der Waals surface area contributed by atoms with Crippen molar-refractivity contribution < 1.29 is 14.0 Å². The van der Waals surface area contributed by atoms with E-state index in [9.17, 15) is 14.0 Å². The van der Waals surface area contributed by atoms with Gasteiger partial charge >= 0.3 is 0 Å². The summed E-state index contributed by atoms with van der Waals surface area (Å²) < 4.78 is 12.7. The minimum absolute atomic E-state index is 0.0192. The quantitative estimate of drug-likeness (QED) is 0.496. The smallest absolute Gasteiger partial charge is 0.262 e. The number of hydrogen-bond donors (Lipinski definition) is 2. The number of carbonyl (C=O) groups excluding carboxylic acids is 2. The zero-order chi connectivity index (χ0) is 13.8. The Labute approximate surface area is 114 Å². The first-order chi connectivity index (χ1) is 9.06. The number of halogens is 1. The van der Waals surface area contributed by atoms with Gasteiger partial charge in [0.25, 0.3) is 11.8 Å². The molecule has 1 aliphatic heterocycles. The van der Waals surface area contributed by atoms with Crippen molar-refractivity contribution in [2.75, 3.05) is 0 Å². The molecule has 98 valence electrons. The van der Waals surface area contributed by atoms with Crippen LogP contribution < -0.4 is 10.6 Å². The van der Waals surface area contributed by atoms with E-state index in [0.29, 0.717) is 12.8 Å². The highest BCUT2D eigenvalue weighted by Crippen LogP contribution is 2.08. The molecule has 1 aromatic carbocycles. The van der Waals surface area contributed by atoms with E-state index >= 15 is 0 Å². The number of benzene rings is 1. The van der Waals surface area contributed by atoms with Crippen LogP contribution in [0.3, 0.4) is 0 Å². The number of carbonyl (C=O) groups is 2. The molecule has 0 atom stereocenters. The average Bonchev–Trinajstić information content (AvgIpc) is 2.34. The lowest BCUT2D eigenvalue weighted by atomic mass is 10.1. The van der Waals surface area contributed by atoms with Gasteiger partial charge in [0.05, 0.1) is 0 Å². The maximum absolute atomic E-state index is 12.7. The lowest BCUT2D eigenvalue weighted by molar-refractivity contribution is -0.123. The summed E-state index contributed by atoms with van der Waals surface area (Å²) in [5.41, 5.74) is 0.987. The summed E-state index contributed by atoms with van der Waals surface area (Å²) in [6.45, 7) is 0. The molecule has 2 amide bonds. The number of nitrogens with one attached hydrogen (secondary N) is 2. The summed E-state index contributed by atoms with van der Waals surface area (Å²) in [5, 5.41) is 4.74. The predicted octanol–water partition coefficient (Wildman–Crippen LogP) is 1.22. The van der Waals surface area contributed by atoms with E-state index in [4.69, 9.17) is 0 Å². The molecule has 0 unspecified atom stereocenters. The summed E-state index contributed by atoms with van der Waals surface area (Å²) in [5.74, 6) is -1.28. The molecule has 0 bridgehead atoms. The largest absolute Gasteiger partial charge is 0.299 e. The van der Waals surface area contributed by atoms with E-state index in [1.807, 2.05) is 0 Å². The molecule has 1 aromatic rings. The third-order valence-corrected chi connectivity index (χ3v) is 2.84. The first-order valence-corrected chi connectivity index (χ1v) is 6.08. The normalized spacial score (nSPS) is 15.0.